The number of carbonyl (C=O) groups is 1. The van der Waals surface area contributed by atoms with Crippen molar-refractivity contribution in [2.75, 3.05) is 23.8 Å². The lowest BCUT2D eigenvalue weighted by Gasteiger charge is -2.29. The van der Waals surface area contributed by atoms with Crippen molar-refractivity contribution in [1.29, 1.82) is 0 Å². The summed E-state index contributed by atoms with van der Waals surface area (Å²) >= 11 is 0. The zero-order valence-electron chi connectivity index (χ0n) is 18.1. The Labute approximate surface area is 179 Å². The number of anilines is 1. The van der Waals surface area contributed by atoms with E-state index in [-0.39, 0.29) is 12.6 Å². The second kappa shape index (κ2) is 10.3. The lowest BCUT2D eigenvalue weighted by Crippen LogP contribution is -2.50. The maximum absolute atomic E-state index is 12.8. The molecule has 0 saturated carbocycles. The Hall–Kier alpha value is -2.74. The molecule has 0 heterocycles. The molecule has 30 heavy (non-hydrogen) atoms. The van der Waals surface area contributed by atoms with E-state index in [2.05, 4.69) is 5.32 Å². The van der Waals surface area contributed by atoms with Crippen molar-refractivity contribution in [3.8, 4) is 11.5 Å². The van der Waals surface area contributed by atoms with Crippen LogP contribution in [0, 0.1) is 6.92 Å². The van der Waals surface area contributed by atoms with Gasteiger partial charge in [0, 0.05) is 0 Å². The van der Waals surface area contributed by atoms with Gasteiger partial charge in [-0.3, -0.25) is 9.10 Å². The summed E-state index contributed by atoms with van der Waals surface area (Å²) in [6, 6.07) is 13.0. The van der Waals surface area contributed by atoms with Gasteiger partial charge in [-0.15, -0.1) is 0 Å². The van der Waals surface area contributed by atoms with Gasteiger partial charge in [-0.25, -0.2) is 8.42 Å². The predicted molar refractivity (Wildman–Crippen MR) is 119 cm³/mol. The topological polar surface area (TPSA) is 84.9 Å². The minimum absolute atomic E-state index is 0.269. The maximum Gasteiger partial charge on any atom is 0.243 e. The number of para-hydroxylation sites is 1. The lowest BCUT2D eigenvalue weighted by molar-refractivity contribution is -0.122. The molecule has 2 rings (SSSR count). The molecular weight excluding hydrogens is 404 g/mol. The highest BCUT2D eigenvalue weighted by molar-refractivity contribution is 7.92. The minimum atomic E-state index is -3.68. The van der Waals surface area contributed by atoms with Gasteiger partial charge in [0.1, 0.15) is 24.1 Å². The van der Waals surface area contributed by atoms with E-state index < -0.39 is 22.0 Å². The Balaban J connectivity index is 2.07. The van der Waals surface area contributed by atoms with E-state index >= 15 is 0 Å². The summed E-state index contributed by atoms with van der Waals surface area (Å²) in [6.45, 7) is 7.96. The second-order valence-corrected chi connectivity index (χ2v) is 9.01. The third kappa shape index (κ3) is 6.38. The number of hydrogen-bond donors (Lipinski definition) is 1. The zero-order valence-corrected chi connectivity index (χ0v) is 18.9. The summed E-state index contributed by atoms with van der Waals surface area (Å²) in [6.07, 6.45) is 1.08. The van der Waals surface area contributed by atoms with Crippen LogP contribution < -0.4 is 19.1 Å². The number of nitrogens with one attached hydrogen (secondary N) is 1. The van der Waals surface area contributed by atoms with Gasteiger partial charge in [0.2, 0.25) is 15.9 Å². The molecule has 0 unspecified atom stereocenters. The van der Waals surface area contributed by atoms with E-state index in [1.54, 1.807) is 31.2 Å². The first-order chi connectivity index (χ1) is 14.1. The van der Waals surface area contributed by atoms with Crippen LogP contribution in [0.25, 0.3) is 0 Å². The van der Waals surface area contributed by atoms with Gasteiger partial charge in [-0.05, 0) is 63.6 Å². The standard InChI is InChI=1S/C22H30N2O5S/c1-6-28-20-13-11-19(12-14-20)24(30(5,26)27)18(4)22(25)23-17(3)15-29-21-10-8-7-9-16(21)2/h7-14,17-18H,6,15H2,1-5H3,(H,23,25)/t17-,18-/m0/s1. The number of amides is 1. The Morgan fingerprint density at radius 3 is 2.27 bits per heavy atom. The summed E-state index contributed by atoms with van der Waals surface area (Å²) in [7, 11) is -3.68. The summed E-state index contributed by atoms with van der Waals surface area (Å²) in [5, 5.41) is 2.83. The monoisotopic (exact) mass is 434 g/mol. The van der Waals surface area contributed by atoms with E-state index in [1.807, 2.05) is 45.0 Å². The van der Waals surface area contributed by atoms with E-state index in [4.69, 9.17) is 9.47 Å². The summed E-state index contributed by atoms with van der Waals surface area (Å²) in [5.41, 5.74) is 1.40. The highest BCUT2D eigenvalue weighted by Crippen LogP contribution is 2.24. The fourth-order valence-electron chi connectivity index (χ4n) is 3.00. The van der Waals surface area contributed by atoms with Crippen molar-refractivity contribution in [2.45, 2.75) is 39.8 Å². The molecule has 2 atom stereocenters. The van der Waals surface area contributed by atoms with E-state index in [9.17, 15) is 13.2 Å². The maximum atomic E-state index is 12.8. The molecule has 1 N–H and O–H groups in total. The van der Waals surface area contributed by atoms with Crippen LogP contribution in [0.15, 0.2) is 48.5 Å². The third-order valence-corrected chi connectivity index (χ3v) is 5.70. The first-order valence-electron chi connectivity index (χ1n) is 9.84. The van der Waals surface area contributed by atoms with Gasteiger partial charge in [0.15, 0.2) is 0 Å². The van der Waals surface area contributed by atoms with E-state index in [0.717, 1.165) is 21.9 Å². The Morgan fingerprint density at radius 2 is 1.70 bits per heavy atom. The molecule has 164 valence electrons. The van der Waals surface area contributed by atoms with Crippen LogP contribution in [0.3, 0.4) is 0 Å². The molecule has 0 bridgehead atoms. The molecule has 2 aromatic rings. The van der Waals surface area contributed by atoms with Gasteiger partial charge in [-0.1, -0.05) is 18.2 Å². The fraction of sp³-hybridized carbons (Fsp3) is 0.409. The number of rotatable bonds is 10. The van der Waals surface area contributed by atoms with Crippen LogP contribution >= 0.6 is 0 Å². The number of benzene rings is 2. The molecule has 0 aliphatic heterocycles. The Kier molecular flexibility index (Phi) is 8.11. The van der Waals surface area contributed by atoms with Crippen molar-refractivity contribution in [3.63, 3.8) is 0 Å². The van der Waals surface area contributed by atoms with Crippen molar-refractivity contribution in [3.05, 3.63) is 54.1 Å². The van der Waals surface area contributed by atoms with Crippen LogP contribution in [0.1, 0.15) is 26.3 Å². The van der Waals surface area contributed by atoms with Gasteiger partial charge >= 0.3 is 0 Å². The average molecular weight is 435 g/mol. The van der Waals surface area contributed by atoms with Gasteiger partial charge in [-0.2, -0.15) is 0 Å². The molecular formula is C22H30N2O5S. The molecule has 0 radical (unpaired) electrons. The molecule has 0 aliphatic rings. The molecule has 0 aliphatic carbocycles. The number of carbonyl (C=O) groups excluding carboxylic acids is 1. The van der Waals surface area contributed by atoms with Crippen LogP contribution in [0.2, 0.25) is 0 Å². The molecule has 0 spiro atoms. The first kappa shape index (κ1) is 23.5. The first-order valence-corrected chi connectivity index (χ1v) is 11.7. The average Bonchev–Trinajstić information content (AvgIpc) is 2.68. The second-order valence-electron chi connectivity index (χ2n) is 7.15. The highest BCUT2D eigenvalue weighted by Gasteiger charge is 2.29. The van der Waals surface area contributed by atoms with Crippen molar-refractivity contribution >= 4 is 21.6 Å². The molecule has 1 amide bonds. The van der Waals surface area contributed by atoms with Crippen LogP contribution in [0.5, 0.6) is 11.5 Å². The molecule has 0 aromatic heterocycles. The zero-order chi connectivity index (χ0) is 22.3. The van der Waals surface area contributed by atoms with Crippen molar-refractivity contribution < 1.29 is 22.7 Å². The summed E-state index contributed by atoms with van der Waals surface area (Å²) in [5.74, 6) is 0.975. The van der Waals surface area contributed by atoms with Gasteiger partial charge in [0.25, 0.3) is 0 Å². The van der Waals surface area contributed by atoms with E-state index in [0.29, 0.717) is 18.0 Å². The van der Waals surface area contributed by atoms with Crippen molar-refractivity contribution in [1.82, 2.24) is 5.32 Å². The summed E-state index contributed by atoms with van der Waals surface area (Å²) in [4.78, 5) is 12.8. The minimum Gasteiger partial charge on any atom is -0.494 e. The van der Waals surface area contributed by atoms with E-state index in [1.165, 1.54) is 0 Å². The van der Waals surface area contributed by atoms with Crippen LogP contribution in [0.4, 0.5) is 5.69 Å². The Morgan fingerprint density at radius 1 is 1.07 bits per heavy atom. The molecule has 8 heteroatoms. The molecule has 0 saturated heterocycles. The molecule has 2 aromatic carbocycles. The van der Waals surface area contributed by atoms with Crippen molar-refractivity contribution in [2.24, 2.45) is 0 Å². The normalized spacial score (nSPS) is 13.2. The molecule has 0 fully saturated rings. The van der Waals surface area contributed by atoms with Crippen LogP contribution in [-0.2, 0) is 14.8 Å². The fourth-order valence-corrected chi connectivity index (χ4v) is 4.18. The number of nitrogens with zero attached hydrogens (tertiary/aromatic N) is 1. The largest absolute Gasteiger partial charge is 0.494 e. The third-order valence-electron chi connectivity index (χ3n) is 4.46. The predicted octanol–water partition coefficient (Wildman–Crippen LogP) is 3.13. The van der Waals surface area contributed by atoms with Crippen LogP contribution in [-0.4, -0.2) is 45.9 Å². The number of aryl methyl sites for hydroxylation is 1. The van der Waals surface area contributed by atoms with Gasteiger partial charge < -0.3 is 14.8 Å². The number of ether oxygens (including phenoxy) is 2. The summed E-state index contributed by atoms with van der Waals surface area (Å²) < 4.78 is 37.1. The quantitative estimate of drug-likeness (QED) is 0.621. The smallest absolute Gasteiger partial charge is 0.243 e. The Bertz CT molecular complexity index is 944. The molecule has 7 nitrogen and oxygen atoms in total. The van der Waals surface area contributed by atoms with Gasteiger partial charge in [0.05, 0.1) is 24.6 Å². The number of hydrogen-bond acceptors (Lipinski definition) is 5. The SMILES string of the molecule is CCOc1ccc(N([C@@H](C)C(=O)N[C@@H](C)COc2ccccc2C)S(C)(=O)=O)cc1. The number of sulfonamides is 1. The lowest BCUT2D eigenvalue weighted by atomic mass is 10.2. The highest BCUT2D eigenvalue weighted by atomic mass is 32.2.